The normalized spacial score (nSPS) is 19.8. The van der Waals surface area contributed by atoms with Crippen LogP contribution in [0.1, 0.15) is 107 Å². The summed E-state index contributed by atoms with van der Waals surface area (Å²) < 4.78 is 29.9. The van der Waals surface area contributed by atoms with Gasteiger partial charge in [-0.25, -0.2) is 4.98 Å². The second-order valence-corrected chi connectivity index (χ2v) is 22.6. The van der Waals surface area contributed by atoms with Crippen molar-refractivity contribution in [3.63, 3.8) is 0 Å². The smallest absolute Gasteiger partial charge is 0.251 e. The number of nitrogens with one attached hydrogen (secondary N) is 4. The molecule has 406 valence electrons. The predicted molar refractivity (Wildman–Crippen MR) is 298 cm³/mol. The average molecular weight is 1080 g/mol. The maximum absolute atomic E-state index is 14.3. The lowest BCUT2D eigenvalue weighted by molar-refractivity contribution is -0.164. The molecule has 15 nitrogen and oxygen atoms in total. The molecule has 8 rings (SSSR count). The van der Waals surface area contributed by atoms with Crippen molar-refractivity contribution in [2.45, 2.75) is 110 Å². The zero-order valence-corrected chi connectivity index (χ0v) is 46.3. The first-order chi connectivity index (χ1) is 36.7. The minimum absolute atomic E-state index is 0.0130. The Morgan fingerprint density at radius 2 is 1.53 bits per heavy atom. The number of carbonyl (C=O) groups is 3. The molecule has 2 heterocycles. The number of aromatic nitrogens is 1. The van der Waals surface area contributed by atoms with Gasteiger partial charge in [-0.1, -0.05) is 82.8 Å². The molecular formula is C59H74ClN7O8S. The highest BCUT2D eigenvalue weighted by Gasteiger charge is 2.64. The van der Waals surface area contributed by atoms with Crippen LogP contribution in [0.5, 0.6) is 11.5 Å². The Morgan fingerprint density at radius 1 is 0.842 bits per heavy atom. The van der Waals surface area contributed by atoms with E-state index in [2.05, 4.69) is 78.6 Å². The number of rotatable bonds is 25. The Bertz CT molecular complexity index is 2800. The third-order valence-electron chi connectivity index (χ3n) is 15.4. The zero-order chi connectivity index (χ0) is 53.8. The summed E-state index contributed by atoms with van der Waals surface area (Å²) in [6.07, 6.45) is 6.78. The summed E-state index contributed by atoms with van der Waals surface area (Å²) in [7, 11) is 1.76. The molecule has 4 aromatic carbocycles. The second kappa shape index (κ2) is 26.0. The first-order valence-corrected chi connectivity index (χ1v) is 28.1. The van der Waals surface area contributed by atoms with Crippen LogP contribution in [0.4, 0.5) is 5.69 Å². The van der Waals surface area contributed by atoms with Crippen LogP contribution in [0.25, 0.3) is 22.0 Å². The number of hydrogen-bond acceptors (Lipinski definition) is 13. The summed E-state index contributed by atoms with van der Waals surface area (Å²) in [4.78, 5) is 47.9. The zero-order valence-electron chi connectivity index (χ0n) is 44.8. The van der Waals surface area contributed by atoms with Crippen LogP contribution in [0.3, 0.4) is 0 Å². The largest absolute Gasteiger partial charge is 0.491 e. The third kappa shape index (κ3) is 13.3. The van der Waals surface area contributed by atoms with Crippen molar-refractivity contribution in [1.82, 2.24) is 25.8 Å². The topological polar surface area (TPSA) is 185 Å². The number of halogens is 1. The number of ether oxygens (including phenoxy) is 5. The van der Waals surface area contributed by atoms with Gasteiger partial charge in [0.1, 0.15) is 41.3 Å². The second-order valence-electron chi connectivity index (χ2n) is 21.3. The molecule has 17 heteroatoms. The molecule has 0 spiro atoms. The number of nitrogens with zero attached hydrogens (tertiary/aromatic N) is 3. The number of carbonyl (C=O) groups excluding carboxylic acids is 3. The maximum atomic E-state index is 14.3. The third-order valence-corrected chi connectivity index (χ3v) is 16.7. The summed E-state index contributed by atoms with van der Waals surface area (Å²) in [5.41, 5.74) is 3.00. The predicted octanol–water partition coefficient (Wildman–Crippen LogP) is 9.98. The van der Waals surface area contributed by atoms with Crippen molar-refractivity contribution in [1.29, 1.82) is 5.26 Å². The first kappa shape index (κ1) is 56.4. The lowest BCUT2D eigenvalue weighted by Gasteiger charge is -2.63. The van der Waals surface area contributed by atoms with Gasteiger partial charge in [0, 0.05) is 63.6 Å². The highest BCUT2D eigenvalue weighted by Crippen LogP contribution is 2.56. The van der Waals surface area contributed by atoms with E-state index < -0.39 is 6.04 Å². The summed E-state index contributed by atoms with van der Waals surface area (Å²) in [6, 6.07) is 25.6. The molecule has 3 fully saturated rings. The molecule has 5 aromatic rings. The lowest BCUT2D eigenvalue weighted by atomic mass is 9.49. The summed E-state index contributed by atoms with van der Waals surface area (Å²) in [5.74, 6) is 1.22. The minimum Gasteiger partial charge on any atom is -0.491 e. The van der Waals surface area contributed by atoms with Crippen LogP contribution in [-0.4, -0.2) is 118 Å². The number of fused-ring (bicyclic) bond motifs is 1. The number of likely N-dealkylation sites (tertiary alicyclic amines) is 1. The number of anilines is 1. The van der Waals surface area contributed by atoms with E-state index in [1.165, 1.54) is 6.42 Å². The van der Waals surface area contributed by atoms with Gasteiger partial charge in [-0.15, -0.1) is 11.3 Å². The SMILES string of the molecule is CN[C@@H](C)C(=O)NC(C(=O)N1CCC[C@H]1c1nc(-c2ccc(OCCOCCOCCOCCNc3ccc(C(=O)N[C@H]4C(C)(C)[C@H](Oc5ccc(C#N)c(Cl)c5)C4(C)C)cc3)c3ccccc23)cs1)C1CCCCC1. The monoisotopic (exact) mass is 1080 g/mol. The fourth-order valence-corrected chi connectivity index (χ4v) is 12.7. The molecule has 3 aliphatic rings. The first-order valence-electron chi connectivity index (χ1n) is 26.8. The van der Waals surface area contributed by atoms with Crippen LogP contribution in [0, 0.1) is 28.1 Å². The number of benzene rings is 4. The van der Waals surface area contributed by atoms with Gasteiger partial charge in [0.05, 0.1) is 68.0 Å². The van der Waals surface area contributed by atoms with Gasteiger partial charge in [-0.05, 0) is 99.5 Å². The molecule has 0 radical (unpaired) electrons. The molecule has 1 aliphatic heterocycles. The Kier molecular flexibility index (Phi) is 19.3. The molecule has 3 amide bonds. The van der Waals surface area contributed by atoms with E-state index in [1.54, 1.807) is 36.6 Å². The van der Waals surface area contributed by atoms with E-state index in [-0.39, 0.29) is 58.7 Å². The van der Waals surface area contributed by atoms with Crippen LogP contribution < -0.4 is 30.7 Å². The lowest BCUT2D eigenvalue weighted by Crippen LogP contribution is -2.74. The maximum Gasteiger partial charge on any atom is 0.251 e. The van der Waals surface area contributed by atoms with E-state index >= 15 is 0 Å². The van der Waals surface area contributed by atoms with E-state index in [0.717, 1.165) is 77.0 Å². The summed E-state index contributed by atoms with van der Waals surface area (Å²) in [6.45, 7) is 14.4. The average Bonchev–Trinajstić information content (AvgIpc) is 4.13. The molecule has 2 saturated carbocycles. The minimum atomic E-state index is -0.531. The highest BCUT2D eigenvalue weighted by atomic mass is 35.5. The Morgan fingerprint density at radius 3 is 2.21 bits per heavy atom. The van der Waals surface area contributed by atoms with Crippen molar-refractivity contribution in [3.8, 4) is 28.8 Å². The van der Waals surface area contributed by atoms with E-state index in [0.29, 0.717) is 81.2 Å². The van der Waals surface area contributed by atoms with Crippen molar-refractivity contribution in [2.75, 3.05) is 71.7 Å². The number of thiazole rings is 1. The van der Waals surface area contributed by atoms with E-state index in [1.807, 2.05) is 54.3 Å². The molecule has 1 aromatic heterocycles. The Balaban J connectivity index is 0.708. The molecule has 2 aliphatic carbocycles. The van der Waals surface area contributed by atoms with Crippen LogP contribution in [0.2, 0.25) is 5.02 Å². The molecule has 4 N–H and O–H groups in total. The quantitative estimate of drug-likeness (QED) is 0.0406. The van der Waals surface area contributed by atoms with Crippen LogP contribution in [0.15, 0.2) is 84.2 Å². The fraction of sp³-hybridized carbons (Fsp3) is 0.508. The van der Waals surface area contributed by atoms with Gasteiger partial charge in [0.25, 0.3) is 5.91 Å². The number of hydrogen-bond donors (Lipinski definition) is 4. The van der Waals surface area contributed by atoms with Gasteiger partial charge >= 0.3 is 0 Å². The van der Waals surface area contributed by atoms with Gasteiger partial charge in [0.15, 0.2) is 0 Å². The number of amides is 3. The number of likely N-dealkylation sites (N-methyl/N-ethyl adjacent to an activating group) is 1. The standard InChI is InChI=1S/C59H74ClN7O8S/c1-38(62-6)52(68)65-51(39-13-8-7-9-14-39)55(70)67-27-12-17-49(67)54-64-48(37-76-54)45-24-25-50(46-16-11-10-15-44(45)46)74-34-33-73-32-31-72-30-29-71-28-26-63-42-21-18-40(19-22-42)53(69)66-56-58(2,3)57(59(56,4)5)75-43-23-20-41(36-61)47(60)35-43/h10-11,15-16,18-25,35,37-39,49,51,56-57,62-63H,7-9,12-14,17,26-34H2,1-6H3,(H,65,68)(H,66,69)/t38-,49-,51?,56-,57-/m0/s1. The molecule has 76 heavy (non-hydrogen) atoms. The van der Waals surface area contributed by atoms with Gasteiger partial charge in [-0.2, -0.15) is 5.26 Å². The number of nitriles is 1. The molecule has 1 saturated heterocycles. The van der Waals surface area contributed by atoms with Gasteiger partial charge < -0.3 is 49.9 Å². The Labute approximate surface area is 456 Å². The van der Waals surface area contributed by atoms with Crippen molar-refractivity contribution >= 4 is 57.1 Å². The van der Waals surface area contributed by atoms with Crippen molar-refractivity contribution < 1.29 is 38.1 Å². The molecule has 1 unspecified atom stereocenters. The molecule has 3 atom stereocenters. The summed E-state index contributed by atoms with van der Waals surface area (Å²) >= 11 is 7.84. The fourth-order valence-electron chi connectivity index (χ4n) is 11.5. The van der Waals surface area contributed by atoms with E-state index in [4.69, 9.17) is 40.3 Å². The molecule has 0 bridgehead atoms. The highest BCUT2D eigenvalue weighted by molar-refractivity contribution is 7.10. The van der Waals surface area contributed by atoms with Gasteiger partial charge in [-0.3, -0.25) is 14.4 Å². The summed E-state index contributed by atoms with van der Waals surface area (Å²) in [5, 5.41) is 27.3. The Hall–Kier alpha value is -5.80. The van der Waals surface area contributed by atoms with Crippen molar-refractivity contribution in [2.24, 2.45) is 16.7 Å². The van der Waals surface area contributed by atoms with E-state index in [9.17, 15) is 19.6 Å². The van der Waals surface area contributed by atoms with Gasteiger partial charge in [0.2, 0.25) is 11.8 Å². The van der Waals surface area contributed by atoms with Crippen molar-refractivity contribution in [3.05, 3.63) is 105 Å². The van der Waals surface area contributed by atoms with Crippen LogP contribution in [-0.2, 0) is 23.8 Å². The van der Waals surface area contributed by atoms with Crippen LogP contribution >= 0.6 is 22.9 Å². The molecular weight excluding hydrogens is 1000 g/mol.